The Kier molecular flexibility index (Phi) is 6.23. The number of carbonyl (C=O) groups excluding carboxylic acids is 1. The van der Waals surface area contributed by atoms with E-state index in [4.69, 9.17) is 9.97 Å². The summed E-state index contributed by atoms with van der Waals surface area (Å²) >= 11 is 1.46. The van der Waals surface area contributed by atoms with Gasteiger partial charge in [-0.1, -0.05) is 36.9 Å². The van der Waals surface area contributed by atoms with E-state index in [1.54, 1.807) is 0 Å². The maximum Gasteiger partial charge on any atom is 0.234 e. The Morgan fingerprint density at radius 2 is 1.70 bits per heavy atom. The van der Waals surface area contributed by atoms with Gasteiger partial charge in [0.05, 0.1) is 16.8 Å². The molecule has 1 amide bonds. The SMILES string of the molecule is Cc1cc(C)cc(NC(=O)CSc2nc3ccccc3nc2N2CCC(C)CC2)c1. The fourth-order valence-electron chi connectivity index (χ4n) is 3.88. The van der Waals surface area contributed by atoms with Gasteiger partial charge in [0.25, 0.3) is 0 Å². The van der Waals surface area contributed by atoms with E-state index in [0.29, 0.717) is 5.75 Å². The second-order valence-corrected chi connectivity index (χ2v) is 9.19. The molecule has 1 aliphatic heterocycles. The van der Waals surface area contributed by atoms with E-state index in [2.05, 4.69) is 23.2 Å². The Bertz CT molecular complexity index is 1040. The highest BCUT2D eigenvalue weighted by atomic mass is 32.2. The smallest absolute Gasteiger partial charge is 0.234 e. The fraction of sp³-hybridized carbons (Fsp3) is 0.375. The van der Waals surface area contributed by atoms with E-state index in [-0.39, 0.29) is 5.91 Å². The van der Waals surface area contributed by atoms with Crippen molar-refractivity contribution in [1.82, 2.24) is 9.97 Å². The Morgan fingerprint density at radius 1 is 1.07 bits per heavy atom. The third kappa shape index (κ3) is 4.93. The molecule has 0 unspecified atom stereocenters. The molecular weight excluding hydrogens is 392 g/mol. The molecule has 0 atom stereocenters. The molecule has 156 valence electrons. The van der Waals surface area contributed by atoms with E-state index in [1.165, 1.54) is 11.8 Å². The van der Waals surface area contributed by atoms with Gasteiger partial charge in [0.2, 0.25) is 5.91 Å². The second kappa shape index (κ2) is 9.04. The molecule has 30 heavy (non-hydrogen) atoms. The maximum atomic E-state index is 12.6. The summed E-state index contributed by atoms with van der Waals surface area (Å²) in [5, 5.41) is 3.85. The normalized spacial score (nSPS) is 14.8. The summed E-state index contributed by atoms with van der Waals surface area (Å²) in [6.45, 7) is 8.34. The van der Waals surface area contributed by atoms with Gasteiger partial charge >= 0.3 is 0 Å². The summed E-state index contributed by atoms with van der Waals surface area (Å²) in [6.07, 6.45) is 2.32. The van der Waals surface area contributed by atoms with Crippen LogP contribution in [0.3, 0.4) is 0 Å². The first-order valence-electron chi connectivity index (χ1n) is 10.5. The predicted octanol–water partition coefficient (Wildman–Crippen LogP) is 5.21. The zero-order chi connectivity index (χ0) is 21.1. The lowest BCUT2D eigenvalue weighted by Gasteiger charge is -2.32. The number of thioether (sulfide) groups is 1. The number of hydrogen-bond donors (Lipinski definition) is 1. The van der Waals surface area contributed by atoms with Crippen LogP contribution in [0.2, 0.25) is 0 Å². The van der Waals surface area contributed by atoms with Crippen LogP contribution in [0.25, 0.3) is 11.0 Å². The van der Waals surface area contributed by atoms with Crippen molar-refractivity contribution in [3.63, 3.8) is 0 Å². The van der Waals surface area contributed by atoms with Crippen LogP contribution in [-0.2, 0) is 4.79 Å². The number of benzene rings is 2. The number of rotatable bonds is 5. The van der Waals surface area contributed by atoms with Crippen LogP contribution in [-0.4, -0.2) is 34.7 Å². The minimum Gasteiger partial charge on any atom is -0.354 e. The number of amides is 1. The minimum absolute atomic E-state index is 0.0295. The summed E-state index contributed by atoms with van der Waals surface area (Å²) < 4.78 is 0. The molecule has 1 N–H and O–H groups in total. The van der Waals surface area contributed by atoms with Crippen LogP contribution in [0, 0.1) is 19.8 Å². The van der Waals surface area contributed by atoms with Crippen LogP contribution in [0.4, 0.5) is 11.5 Å². The summed E-state index contributed by atoms with van der Waals surface area (Å²) in [7, 11) is 0. The van der Waals surface area contributed by atoms with E-state index in [1.807, 2.05) is 50.2 Å². The van der Waals surface area contributed by atoms with Crippen LogP contribution in [0.15, 0.2) is 47.5 Å². The predicted molar refractivity (Wildman–Crippen MR) is 125 cm³/mol. The quantitative estimate of drug-likeness (QED) is 0.574. The van der Waals surface area contributed by atoms with Gasteiger partial charge in [0.15, 0.2) is 5.82 Å². The number of aromatic nitrogens is 2. The number of piperidine rings is 1. The molecule has 2 aromatic carbocycles. The van der Waals surface area contributed by atoms with Crippen LogP contribution >= 0.6 is 11.8 Å². The zero-order valence-corrected chi connectivity index (χ0v) is 18.6. The van der Waals surface area contributed by atoms with Gasteiger partial charge in [-0.05, 0) is 68.0 Å². The lowest BCUT2D eigenvalue weighted by molar-refractivity contribution is -0.113. The molecule has 1 aliphatic rings. The topological polar surface area (TPSA) is 58.1 Å². The molecule has 0 radical (unpaired) electrons. The van der Waals surface area contributed by atoms with Gasteiger partial charge in [0.1, 0.15) is 5.03 Å². The van der Waals surface area contributed by atoms with Crippen LogP contribution in [0.1, 0.15) is 30.9 Å². The standard InChI is InChI=1S/C24H28N4OS/c1-16-8-10-28(11-9-16)23-24(27-21-7-5-4-6-20(21)26-23)30-15-22(29)25-19-13-17(2)12-18(3)14-19/h4-7,12-14,16H,8-11,15H2,1-3H3,(H,25,29). The number of aryl methyl sites for hydroxylation is 2. The van der Waals surface area contributed by atoms with E-state index in [9.17, 15) is 4.79 Å². The second-order valence-electron chi connectivity index (χ2n) is 8.22. The van der Waals surface area contributed by atoms with Gasteiger partial charge in [-0.15, -0.1) is 0 Å². The van der Waals surface area contributed by atoms with Gasteiger partial charge in [-0.25, -0.2) is 9.97 Å². The van der Waals surface area contributed by atoms with Gasteiger partial charge in [0, 0.05) is 18.8 Å². The third-order valence-electron chi connectivity index (χ3n) is 5.45. The average Bonchev–Trinajstić information content (AvgIpc) is 2.71. The number of fused-ring (bicyclic) bond motifs is 1. The van der Waals surface area contributed by atoms with Crippen molar-refractivity contribution in [3.05, 3.63) is 53.6 Å². The number of nitrogens with one attached hydrogen (secondary N) is 1. The molecule has 3 aromatic rings. The van der Waals surface area contributed by atoms with Gasteiger partial charge in [-0.3, -0.25) is 4.79 Å². The molecule has 1 fully saturated rings. The van der Waals surface area contributed by atoms with Crippen molar-refractivity contribution in [2.24, 2.45) is 5.92 Å². The van der Waals surface area contributed by atoms with E-state index in [0.717, 1.165) is 70.5 Å². The molecule has 0 aliphatic carbocycles. The van der Waals surface area contributed by atoms with Crippen molar-refractivity contribution in [2.45, 2.75) is 38.6 Å². The molecule has 1 saturated heterocycles. The Hall–Kier alpha value is -2.60. The van der Waals surface area contributed by atoms with Crippen LogP contribution < -0.4 is 10.2 Å². The highest BCUT2D eigenvalue weighted by Gasteiger charge is 2.22. The highest BCUT2D eigenvalue weighted by Crippen LogP contribution is 2.31. The Labute approximate surface area is 182 Å². The first-order valence-corrected chi connectivity index (χ1v) is 11.5. The molecule has 0 saturated carbocycles. The van der Waals surface area contributed by atoms with E-state index >= 15 is 0 Å². The number of hydrogen-bond acceptors (Lipinski definition) is 5. The molecule has 4 rings (SSSR count). The third-order valence-corrected chi connectivity index (χ3v) is 6.40. The molecule has 1 aromatic heterocycles. The minimum atomic E-state index is -0.0295. The highest BCUT2D eigenvalue weighted by molar-refractivity contribution is 8.00. The number of carbonyl (C=O) groups is 1. The molecule has 0 spiro atoms. The largest absolute Gasteiger partial charge is 0.354 e. The summed E-state index contributed by atoms with van der Waals surface area (Å²) in [4.78, 5) is 24.7. The molecule has 6 heteroatoms. The monoisotopic (exact) mass is 420 g/mol. The molecule has 0 bridgehead atoms. The number of anilines is 2. The average molecular weight is 421 g/mol. The van der Waals surface area contributed by atoms with Gasteiger partial charge < -0.3 is 10.2 Å². The van der Waals surface area contributed by atoms with Crippen molar-refractivity contribution < 1.29 is 4.79 Å². The van der Waals surface area contributed by atoms with Crippen LogP contribution in [0.5, 0.6) is 0 Å². The first-order chi connectivity index (χ1) is 14.5. The van der Waals surface area contributed by atoms with Crippen molar-refractivity contribution in [1.29, 1.82) is 0 Å². The molecule has 2 heterocycles. The lowest BCUT2D eigenvalue weighted by Crippen LogP contribution is -2.34. The zero-order valence-electron chi connectivity index (χ0n) is 17.8. The lowest BCUT2D eigenvalue weighted by atomic mass is 9.99. The Morgan fingerprint density at radius 3 is 2.37 bits per heavy atom. The fourth-order valence-corrected chi connectivity index (χ4v) is 4.68. The molecular formula is C24H28N4OS. The summed E-state index contributed by atoms with van der Waals surface area (Å²) in [6, 6.07) is 14.0. The number of para-hydroxylation sites is 2. The number of nitrogens with zero attached hydrogens (tertiary/aromatic N) is 3. The maximum absolute atomic E-state index is 12.6. The summed E-state index contributed by atoms with van der Waals surface area (Å²) in [5.74, 6) is 1.93. The summed E-state index contributed by atoms with van der Waals surface area (Å²) in [5.41, 5.74) is 4.88. The van der Waals surface area contributed by atoms with Crippen molar-refractivity contribution >= 4 is 40.2 Å². The Balaban J connectivity index is 1.53. The van der Waals surface area contributed by atoms with Gasteiger partial charge in [-0.2, -0.15) is 0 Å². The first kappa shape index (κ1) is 20.7. The van der Waals surface area contributed by atoms with E-state index < -0.39 is 0 Å². The van der Waals surface area contributed by atoms with Crippen molar-refractivity contribution in [2.75, 3.05) is 29.1 Å². The molecule has 5 nitrogen and oxygen atoms in total. The van der Waals surface area contributed by atoms with Crippen molar-refractivity contribution in [3.8, 4) is 0 Å².